The summed E-state index contributed by atoms with van der Waals surface area (Å²) in [6.07, 6.45) is 3.40. The van der Waals surface area contributed by atoms with E-state index in [0.717, 1.165) is 15.6 Å². The van der Waals surface area contributed by atoms with Crippen LogP contribution in [0.25, 0.3) is 5.52 Å². The molecule has 6 nitrogen and oxygen atoms in total. The van der Waals surface area contributed by atoms with Crippen LogP contribution >= 0.6 is 39.1 Å². The molecule has 172 valence electrons. The average Bonchev–Trinajstić information content (AvgIpc) is 3.27. The van der Waals surface area contributed by atoms with Crippen LogP contribution < -0.4 is 0 Å². The van der Waals surface area contributed by atoms with Crippen molar-refractivity contribution in [2.45, 2.75) is 6.04 Å². The molecule has 1 saturated heterocycles. The van der Waals surface area contributed by atoms with Crippen LogP contribution in [0.1, 0.15) is 32.3 Å². The number of amides is 2. The van der Waals surface area contributed by atoms with E-state index in [0.29, 0.717) is 40.8 Å². The van der Waals surface area contributed by atoms with Crippen LogP contribution in [0.4, 0.5) is 0 Å². The van der Waals surface area contributed by atoms with Gasteiger partial charge in [0.25, 0.3) is 11.8 Å². The van der Waals surface area contributed by atoms with Gasteiger partial charge in [0.05, 0.1) is 23.3 Å². The van der Waals surface area contributed by atoms with Gasteiger partial charge in [-0.05, 0) is 70.0 Å². The first kappa shape index (κ1) is 22.9. The molecule has 3 heterocycles. The summed E-state index contributed by atoms with van der Waals surface area (Å²) in [4.78, 5) is 30.5. The molecule has 2 aromatic carbocycles. The van der Waals surface area contributed by atoms with Gasteiger partial charge in [0, 0.05) is 45.9 Å². The number of carbonyl (C=O) groups excluding carboxylic acids is 2. The standard InChI is InChI=1S/C25H19BrCl2N4O2/c26-18-5-10-22-21(13-29-32(22)14-18)25(34)30-11-12-31(24(33)17-3-8-20(28)9-4-17)23(15-30)16-1-6-19(27)7-2-16/h1-10,13-14,23H,11-12,15H2. The summed E-state index contributed by atoms with van der Waals surface area (Å²) in [5.74, 6) is -0.223. The fraction of sp³-hybridized carbons (Fsp3) is 0.160. The lowest BCUT2D eigenvalue weighted by molar-refractivity contribution is 0.0384. The van der Waals surface area contributed by atoms with Gasteiger partial charge in [-0.15, -0.1) is 0 Å². The third kappa shape index (κ3) is 4.43. The molecular weight excluding hydrogens is 539 g/mol. The van der Waals surface area contributed by atoms with Crippen molar-refractivity contribution in [2.24, 2.45) is 0 Å². The maximum absolute atomic E-state index is 13.5. The summed E-state index contributed by atoms with van der Waals surface area (Å²) in [5, 5.41) is 5.50. The van der Waals surface area contributed by atoms with Gasteiger partial charge in [-0.1, -0.05) is 35.3 Å². The van der Waals surface area contributed by atoms with E-state index in [4.69, 9.17) is 23.2 Å². The molecule has 0 aliphatic carbocycles. The Morgan fingerprint density at radius 3 is 2.26 bits per heavy atom. The van der Waals surface area contributed by atoms with Crippen LogP contribution in [-0.2, 0) is 0 Å². The lowest BCUT2D eigenvalue weighted by atomic mass is 10.0. The Balaban J connectivity index is 1.46. The highest BCUT2D eigenvalue weighted by molar-refractivity contribution is 9.10. The van der Waals surface area contributed by atoms with Gasteiger partial charge in [0.1, 0.15) is 0 Å². The van der Waals surface area contributed by atoms with E-state index in [1.165, 1.54) is 0 Å². The second kappa shape index (κ2) is 9.41. The number of rotatable bonds is 3. The lowest BCUT2D eigenvalue weighted by Crippen LogP contribution is -2.52. The molecule has 9 heteroatoms. The minimum absolute atomic E-state index is 0.107. The number of halogens is 3. The summed E-state index contributed by atoms with van der Waals surface area (Å²) >= 11 is 15.5. The first-order valence-corrected chi connectivity index (χ1v) is 12.2. The van der Waals surface area contributed by atoms with Crippen molar-refractivity contribution < 1.29 is 9.59 Å². The van der Waals surface area contributed by atoms with Crippen LogP contribution in [0.5, 0.6) is 0 Å². The predicted molar refractivity (Wildman–Crippen MR) is 135 cm³/mol. The van der Waals surface area contributed by atoms with Gasteiger partial charge < -0.3 is 9.80 Å². The number of hydrogen-bond donors (Lipinski definition) is 0. The highest BCUT2D eigenvalue weighted by Gasteiger charge is 2.35. The Morgan fingerprint density at radius 1 is 0.882 bits per heavy atom. The third-order valence-electron chi connectivity index (χ3n) is 5.98. The largest absolute Gasteiger partial charge is 0.334 e. The fourth-order valence-electron chi connectivity index (χ4n) is 4.23. The van der Waals surface area contributed by atoms with Crippen molar-refractivity contribution in [3.8, 4) is 0 Å². The van der Waals surface area contributed by atoms with Crippen molar-refractivity contribution in [3.05, 3.63) is 104 Å². The molecule has 1 unspecified atom stereocenters. The Morgan fingerprint density at radius 2 is 1.56 bits per heavy atom. The van der Waals surface area contributed by atoms with Crippen molar-refractivity contribution in [1.29, 1.82) is 0 Å². The van der Waals surface area contributed by atoms with Crippen LogP contribution in [0.15, 0.2) is 77.5 Å². The first-order valence-electron chi connectivity index (χ1n) is 10.6. The highest BCUT2D eigenvalue weighted by Crippen LogP contribution is 2.30. The molecule has 0 spiro atoms. The summed E-state index contributed by atoms with van der Waals surface area (Å²) in [7, 11) is 0. The molecule has 1 atom stereocenters. The van der Waals surface area contributed by atoms with Crippen LogP contribution in [0, 0.1) is 0 Å². The van der Waals surface area contributed by atoms with Crippen LogP contribution in [-0.4, -0.2) is 50.9 Å². The SMILES string of the molecule is O=C(c1cnn2cc(Br)ccc12)N1CCN(C(=O)c2ccc(Cl)cc2)C(c2ccc(Cl)cc2)C1. The molecule has 2 amide bonds. The van der Waals surface area contributed by atoms with Crippen molar-refractivity contribution in [2.75, 3.05) is 19.6 Å². The van der Waals surface area contributed by atoms with E-state index >= 15 is 0 Å². The zero-order valence-corrected chi connectivity index (χ0v) is 21.0. The van der Waals surface area contributed by atoms with Crippen molar-refractivity contribution in [3.63, 3.8) is 0 Å². The number of piperazine rings is 1. The third-order valence-corrected chi connectivity index (χ3v) is 6.96. The first-order chi connectivity index (χ1) is 16.4. The number of hydrogen-bond acceptors (Lipinski definition) is 3. The van der Waals surface area contributed by atoms with E-state index in [1.807, 2.05) is 35.4 Å². The van der Waals surface area contributed by atoms with E-state index < -0.39 is 0 Å². The van der Waals surface area contributed by atoms with Gasteiger partial charge >= 0.3 is 0 Å². The zero-order valence-electron chi connectivity index (χ0n) is 17.9. The van der Waals surface area contributed by atoms with Crippen molar-refractivity contribution >= 4 is 56.5 Å². The van der Waals surface area contributed by atoms with Crippen molar-refractivity contribution in [1.82, 2.24) is 19.4 Å². The maximum atomic E-state index is 13.5. The Labute approximate surface area is 214 Å². The van der Waals surface area contributed by atoms with Crippen LogP contribution in [0.3, 0.4) is 0 Å². The quantitative estimate of drug-likeness (QED) is 0.322. The minimum Gasteiger partial charge on any atom is -0.334 e. The molecule has 1 aliphatic rings. The molecule has 0 N–H and O–H groups in total. The minimum atomic E-state index is -0.325. The number of benzene rings is 2. The van der Waals surface area contributed by atoms with E-state index in [9.17, 15) is 9.59 Å². The predicted octanol–water partition coefficient (Wildman–Crippen LogP) is 5.74. The maximum Gasteiger partial charge on any atom is 0.257 e. The Bertz CT molecular complexity index is 1370. The highest BCUT2D eigenvalue weighted by atomic mass is 79.9. The monoisotopic (exact) mass is 556 g/mol. The van der Waals surface area contributed by atoms with Gasteiger partial charge in [-0.3, -0.25) is 9.59 Å². The normalized spacial score (nSPS) is 16.1. The van der Waals surface area contributed by atoms with Gasteiger partial charge in [-0.25, -0.2) is 4.52 Å². The second-order valence-electron chi connectivity index (χ2n) is 8.06. The average molecular weight is 558 g/mol. The molecule has 0 radical (unpaired) electrons. The van der Waals surface area contributed by atoms with Gasteiger partial charge in [-0.2, -0.15) is 5.10 Å². The number of fused-ring (bicyclic) bond motifs is 1. The summed E-state index contributed by atoms with van der Waals surface area (Å²) in [6.45, 7) is 1.16. The van der Waals surface area contributed by atoms with E-state index in [-0.39, 0.29) is 17.9 Å². The summed E-state index contributed by atoms with van der Waals surface area (Å²) < 4.78 is 2.55. The number of nitrogens with zero attached hydrogens (tertiary/aromatic N) is 4. The van der Waals surface area contributed by atoms with Gasteiger partial charge in [0.2, 0.25) is 0 Å². The van der Waals surface area contributed by atoms with E-state index in [1.54, 1.807) is 52.0 Å². The smallest absolute Gasteiger partial charge is 0.257 e. The molecule has 1 aliphatic heterocycles. The lowest BCUT2D eigenvalue weighted by Gasteiger charge is -2.41. The van der Waals surface area contributed by atoms with Gasteiger partial charge in [0.15, 0.2) is 0 Å². The molecule has 5 rings (SSSR count). The molecule has 4 aromatic rings. The molecule has 0 saturated carbocycles. The summed E-state index contributed by atoms with van der Waals surface area (Å²) in [6, 6.07) is 17.7. The Hall–Kier alpha value is -2.87. The molecule has 34 heavy (non-hydrogen) atoms. The number of pyridine rings is 1. The Kier molecular flexibility index (Phi) is 6.34. The van der Waals surface area contributed by atoms with Crippen LogP contribution in [0.2, 0.25) is 10.0 Å². The molecule has 1 fully saturated rings. The number of aromatic nitrogens is 2. The van der Waals surface area contributed by atoms with E-state index in [2.05, 4.69) is 21.0 Å². The fourth-order valence-corrected chi connectivity index (χ4v) is 4.81. The molecular formula is C25H19BrCl2N4O2. The zero-order chi connectivity index (χ0) is 23.8. The second-order valence-corrected chi connectivity index (χ2v) is 9.85. The molecule has 0 bridgehead atoms. The topological polar surface area (TPSA) is 57.9 Å². The molecule has 2 aromatic heterocycles. The number of carbonyl (C=O) groups is 2. The summed E-state index contributed by atoms with van der Waals surface area (Å²) in [5.41, 5.74) is 2.72.